The third-order valence-electron chi connectivity index (χ3n) is 5.93. The van der Waals surface area contributed by atoms with Gasteiger partial charge in [0.1, 0.15) is 29.1 Å². The molecule has 1 saturated heterocycles. The lowest BCUT2D eigenvalue weighted by Crippen LogP contribution is -2.34. The Morgan fingerprint density at radius 3 is 2.83 bits per heavy atom. The normalized spacial score (nSPS) is 15.5. The predicted octanol–water partition coefficient (Wildman–Crippen LogP) is 4.67. The van der Waals surface area contributed by atoms with Gasteiger partial charge in [-0.05, 0) is 74.7 Å². The van der Waals surface area contributed by atoms with Crippen LogP contribution in [0.25, 0.3) is 10.9 Å². The predicted molar refractivity (Wildman–Crippen MR) is 113 cm³/mol. The highest BCUT2D eigenvalue weighted by atomic mass is 19.1. The Morgan fingerprint density at radius 1 is 1.23 bits per heavy atom. The number of ether oxygens (including phenoxy) is 1. The SMILES string of the molecule is Cc1cc(OCCCN2CCC(c3onc4cc(F)ccc34)CC2)ccc1CC=O. The molecule has 0 aliphatic carbocycles. The van der Waals surface area contributed by atoms with Crippen LogP contribution in [-0.4, -0.2) is 42.6 Å². The fraction of sp³-hybridized carbons (Fsp3) is 0.417. The van der Waals surface area contributed by atoms with Gasteiger partial charge in [0.2, 0.25) is 0 Å². The lowest BCUT2D eigenvalue weighted by atomic mass is 9.92. The summed E-state index contributed by atoms with van der Waals surface area (Å²) in [4.78, 5) is 13.1. The van der Waals surface area contributed by atoms with Gasteiger partial charge in [-0.15, -0.1) is 0 Å². The molecule has 0 N–H and O–H groups in total. The summed E-state index contributed by atoms with van der Waals surface area (Å²) >= 11 is 0. The summed E-state index contributed by atoms with van der Waals surface area (Å²) in [5.74, 6) is 1.79. The first kappa shape index (κ1) is 20.5. The van der Waals surface area contributed by atoms with Gasteiger partial charge < -0.3 is 19.0 Å². The second kappa shape index (κ2) is 9.39. The molecule has 0 bridgehead atoms. The molecule has 1 aromatic heterocycles. The van der Waals surface area contributed by atoms with Crippen molar-refractivity contribution in [1.82, 2.24) is 10.1 Å². The number of hydrogen-bond acceptors (Lipinski definition) is 5. The third-order valence-corrected chi connectivity index (χ3v) is 5.93. The summed E-state index contributed by atoms with van der Waals surface area (Å²) in [5.41, 5.74) is 2.73. The van der Waals surface area contributed by atoms with E-state index in [1.807, 2.05) is 25.1 Å². The van der Waals surface area contributed by atoms with E-state index in [0.29, 0.717) is 24.5 Å². The number of hydrogen-bond donors (Lipinski definition) is 0. The number of fused-ring (bicyclic) bond motifs is 1. The van der Waals surface area contributed by atoms with Crippen LogP contribution in [0.1, 0.15) is 42.1 Å². The Balaban J connectivity index is 1.21. The molecule has 4 rings (SSSR count). The lowest BCUT2D eigenvalue weighted by molar-refractivity contribution is -0.107. The Kier molecular flexibility index (Phi) is 6.43. The van der Waals surface area contributed by atoms with Crippen LogP contribution in [0.2, 0.25) is 0 Å². The number of rotatable bonds is 8. The molecule has 0 spiro atoms. The molecular formula is C24H27FN2O3. The van der Waals surface area contributed by atoms with Crippen molar-refractivity contribution in [3.63, 3.8) is 0 Å². The van der Waals surface area contributed by atoms with Gasteiger partial charge in [0, 0.05) is 30.3 Å². The molecular weight excluding hydrogens is 383 g/mol. The quantitative estimate of drug-likeness (QED) is 0.399. The largest absolute Gasteiger partial charge is 0.494 e. The van der Waals surface area contributed by atoms with Gasteiger partial charge >= 0.3 is 0 Å². The van der Waals surface area contributed by atoms with Crippen molar-refractivity contribution in [2.75, 3.05) is 26.2 Å². The number of nitrogens with zero attached hydrogens (tertiary/aromatic N) is 2. The van der Waals surface area contributed by atoms with Crippen LogP contribution in [0.15, 0.2) is 40.9 Å². The molecule has 2 heterocycles. The third kappa shape index (κ3) is 4.70. The number of halogens is 1. The lowest BCUT2D eigenvalue weighted by Gasteiger charge is -2.30. The fourth-order valence-electron chi connectivity index (χ4n) is 4.20. The molecule has 1 fully saturated rings. The van der Waals surface area contributed by atoms with E-state index in [1.165, 1.54) is 12.1 Å². The van der Waals surface area contributed by atoms with Crippen molar-refractivity contribution in [1.29, 1.82) is 0 Å². The van der Waals surface area contributed by atoms with Gasteiger partial charge in [-0.1, -0.05) is 11.2 Å². The number of carbonyl (C=O) groups excluding carboxylic acids is 1. The number of aryl methyl sites for hydroxylation is 1. The van der Waals surface area contributed by atoms with Crippen molar-refractivity contribution < 1.29 is 18.4 Å². The first-order chi connectivity index (χ1) is 14.6. The van der Waals surface area contributed by atoms with Crippen LogP contribution in [0.4, 0.5) is 4.39 Å². The van der Waals surface area contributed by atoms with Crippen molar-refractivity contribution in [2.24, 2.45) is 0 Å². The van der Waals surface area contributed by atoms with Crippen molar-refractivity contribution in [3.05, 3.63) is 59.1 Å². The Hall–Kier alpha value is -2.73. The Morgan fingerprint density at radius 2 is 2.07 bits per heavy atom. The van der Waals surface area contributed by atoms with E-state index in [4.69, 9.17) is 9.26 Å². The first-order valence-corrected chi connectivity index (χ1v) is 10.6. The molecule has 5 nitrogen and oxygen atoms in total. The van der Waals surface area contributed by atoms with E-state index in [0.717, 1.165) is 73.2 Å². The fourth-order valence-corrected chi connectivity index (χ4v) is 4.20. The van der Waals surface area contributed by atoms with Crippen LogP contribution in [0.3, 0.4) is 0 Å². The van der Waals surface area contributed by atoms with Gasteiger partial charge in [-0.2, -0.15) is 0 Å². The van der Waals surface area contributed by atoms with Crippen LogP contribution >= 0.6 is 0 Å². The van der Waals surface area contributed by atoms with E-state index in [2.05, 4.69) is 10.1 Å². The summed E-state index contributed by atoms with van der Waals surface area (Å²) in [7, 11) is 0. The van der Waals surface area contributed by atoms with E-state index in [9.17, 15) is 9.18 Å². The van der Waals surface area contributed by atoms with Gasteiger partial charge in [0.25, 0.3) is 0 Å². The van der Waals surface area contributed by atoms with Crippen LogP contribution in [-0.2, 0) is 11.2 Å². The molecule has 30 heavy (non-hydrogen) atoms. The molecule has 0 atom stereocenters. The highest BCUT2D eigenvalue weighted by molar-refractivity contribution is 5.80. The summed E-state index contributed by atoms with van der Waals surface area (Å²) < 4.78 is 24.8. The molecule has 0 unspecified atom stereocenters. The molecule has 0 radical (unpaired) electrons. The van der Waals surface area contributed by atoms with Crippen molar-refractivity contribution in [2.45, 2.75) is 38.5 Å². The van der Waals surface area contributed by atoms with E-state index in [1.54, 1.807) is 6.07 Å². The Labute approximate surface area is 175 Å². The summed E-state index contributed by atoms with van der Waals surface area (Å²) in [6, 6.07) is 10.6. The molecule has 0 amide bonds. The number of benzene rings is 2. The van der Waals surface area contributed by atoms with Crippen molar-refractivity contribution >= 4 is 17.2 Å². The zero-order valence-electron chi connectivity index (χ0n) is 17.3. The Bertz CT molecular complexity index is 1010. The zero-order chi connectivity index (χ0) is 20.9. The monoisotopic (exact) mass is 410 g/mol. The molecule has 0 saturated carbocycles. The van der Waals surface area contributed by atoms with Gasteiger partial charge in [0.05, 0.1) is 6.61 Å². The molecule has 1 aliphatic heterocycles. The van der Waals surface area contributed by atoms with E-state index < -0.39 is 0 Å². The molecule has 2 aromatic carbocycles. The second-order valence-electron chi connectivity index (χ2n) is 7.99. The molecule has 6 heteroatoms. The maximum Gasteiger partial charge on any atom is 0.147 e. The average Bonchev–Trinajstić information content (AvgIpc) is 3.16. The summed E-state index contributed by atoms with van der Waals surface area (Å²) in [6.45, 7) is 5.69. The second-order valence-corrected chi connectivity index (χ2v) is 7.99. The summed E-state index contributed by atoms with van der Waals surface area (Å²) in [5, 5.41) is 4.95. The van der Waals surface area contributed by atoms with Gasteiger partial charge in [-0.3, -0.25) is 0 Å². The number of likely N-dealkylation sites (tertiary alicyclic amines) is 1. The topological polar surface area (TPSA) is 55.6 Å². The minimum Gasteiger partial charge on any atom is -0.494 e. The number of carbonyl (C=O) groups is 1. The highest BCUT2D eigenvalue weighted by Gasteiger charge is 2.25. The highest BCUT2D eigenvalue weighted by Crippen LogP contribution is 2.33. The molecule has 158 valence electrons. The van der Waals surface area contributed by atoms with Gasteiger partial charge in [0.15, 0.2) is 0 Å². The van der Waals surface area contributed by atoms with E-state index >= 15 is 0 Å². The van der Waals surface area contributed by atoms with Gasteiger partial charge in [-0.25, -0.2) is 4.39 Å². The van der Waals surface area contributed by atoms with Crippen LogP contribution in [0, 0.1) is 12.7 Å². The minimum absolute atomic E-state index is 0.286. The molecule has 1 aliphatic rings. The van der Waals surface area contributed by atoms with Crippen LogP contribution in [0.5, 0.6) is 5.75 Å². The number of aromatic nitrogens is 1. The zero-order valence-corrected chi connectivity index (χ0v) is 17.3. The maximum absolute atomic E-state index is 13.4. The molecule has 3 aromatic rings. The van der Waals surface area contributed by atoms with Crippen molar-refractivity contribution in [3.8, 4) is 5.75 Å². The van der Waals surface area contributed by atoms with E-state index in [-0.39, 0.29) is 5.82 Å². The standard InChI is InChI=1S/C24H27FN2O3/c1-17-15-21(5-3-18(17)9-13-28)29-14-2-10-27-11-7-19(8-12-27)24-22-6-4-20(25)16-23(22)26-30-24/h3-6,13,15-16,19H,2,7-12,14H2,1H3. The average molecular weight is 410 g/mol. The maximum atomic E-state index is 13.4. The number of piperidine rings is 1. The smallest absolute Gasteiger partial charge is 0.147 e. The number of aldehydes is 1. The first-order valence-electron chi connectivity index (χ1n) is 10.6. The van der Waals surface area contributed by atoms with Crippen LogP contribution < -0.4 is 4.74 Å². The minimum atomic E-state index is -0.286. The summed E-state index contributed by atoms with van der Waals surface area (Å²) in [6.07, 6.45) is 4.36.